The van der Waals surface area contributed by atoms with Gasteiger partial charge in [-0.25, -0.2) is 9.37 Å². The van der Waals surface area contributed by atoms with Gasteiger partial charge in [-0.05, 0) is 18.2 Å². The van der Waals surface area contributed by atoms with E-state index in [0.29, 0.717) is 13.0 Å². The number of aryl methyl sites for hydroxylation is 1. The molecule has 100 valence electrons. The third-order valence-electron chi connectivity index (χ3n) is 2.75. The Labute approximate surface area is 110 Å². The van der Waals surface area contributed by atoms with Gasteiger partial charge in [0.2, 0.25) is 0 Å². The molecular weight excluding hydrogens is 250 g/mol. The second kappa shape index (κ2) is 5.86. The Morgan fingerprint density at radius 2 is 2.21 bits per heavy atom. The third kappa shape index (κ3) is 3.33. The molecule has 0 bridgehead atoms. The fraction of sp³-hybridized carbons (Fsp3) is 0.250. The fourth-order valence-electron chi connectivity index (χ4n) is 1.74. The van der Waals surface area contributed by atoms with E-state index >= 15 is 0 Å². The summed E-state index contributed by atoms with van der Waals surface area (Å²) in [7, 11) is 0.113. The standard InChI is InChI=1S/C12H14BFN2O3/c1-16-6-5-15-12(16)4-7-19-11-3-2-9(14)8-10(11)13(17)18/h2-3,5-6,8,17-18H,4,7H2,1H3. The minimum atomic E-state index is -1.76. The molecule has 0 fully saturated rings. The van der Waals surface area contributed by atoms with Crippen LogP contribution in [0.2, 0.25) is 0 Å². The summed E-state index contributed by atoms with van der Waals surface area (Å²) in [5.41, 5.74) is 0.0137. The van der Waals surface area contributed by atoms with Crippen molar-refractivity contribution in [2.24, 2.45) is 7.05 Å². The number of nitrogens with zero attached hydrogens (tertiary/aromatic N) is 2. The lowest BCUT2D eigenvalue weighted by Crippen LogP contribution is -2.32. The van der Waals surface area contributed by atoms with Crippen LogP contribution in [0.4, 0.5) is 4.39 Å². The summed E-state index contributed by atoms with van der Waals surface area (Å²) in [4.78, 5) is 4.14. The number of hydrogen-bond donors (Lipinski definition) is 2. The molecule has 1 heterocycles. The molecule has 0 unspecified atom stereocenters. The van der Waals surface area contributed by atoms with E-state index in [1.165, 1.54) is 12.1 Å². The molecule has 0 aliphatic heterocycles. The summed E-state index contributed by atoms with van der Waals surface area (Å²) in [5, 5.41) is 18.3. The van der Waals surface area contributed by atoms with Gasteiger partial charge in [-0.2, -0.15) is 0 Å². The molecule has 2 N–H and O–H groups in total. The van der Waals surface area contributed by atoms with E-state index in [1.807, 2.05) is 17.8 Å². The summed E-state index contributed by atoms with van der Waals surface area (Å²) >= 11 is 0. The van der Waals surface area contributed by atoms with Gasteiger partial charge < -0.3 is 19.4 Å². The Bertz CT molecular complexity index is 560. The smallest absolute Gasteiger partial charge is 0.492 e. The fourth-order valence-corrected chi connectivity index (χ4v) is 1.74. The summed E-state index contributed by atoms with van der Waals surface area (Å²) < 4.78 is 20.3. The number of rotatable bonds is 5. The quantitative estimate of drug-likeness (QED) is 0.738. The van der Waals surface area contributed by atoms with Crippen molar-refractivity contribution in [3.63, 3.8) is 0 Å². The highest BCUT2D eigenvalue weighted by Crippen LogP contribution is 2.10. The first-order valence-corrected chi connectivity index (χ1v) is 5.82. The van der Waals surface area contributed by atoms with Crippen LogP contribution in [0.5, 0.6) is 5.75 Å². The molecule has 1 aromatic heterocycles. The minimum absolute atomic E-state index is 0.0137. The van der Waals surface area contributed by atoms with E-state index in [9.17, 15) is 4.39 Å². The molecule has 0 saturated heterocycles. The Balaban J connectivity index is 2.01. The summed E-state index contributed by atoms with van der Waals surface area (Å²) in [6.45, 7) is 0.316. The van der Waals surface area contributed by atoms with Crippen molar-refractivity contribution in [1.82, 2.24) is 9.55 Å². The lowest BCUT2D eigenvalue weighted by atomic mass is 9.79. The number of imidazole rings is 1. The van der Waals surface area contributed by atoms with Crippen molar-refractivity contribution < 1.29 is 19.2 Å². The number of hydrogen-bond acceptors (Lipinski definition) is 4. The molecule has 0 spiro atoms. The zero-order valence-corrected chi connectivity index (χ0v) is 10.5. The highest BCUT2D eigenvalue weighted by Gasteiger charge is 2.18. The molecule has 2 aromatic rings. The molecule has 1 aromatic carbocycles. The molecule has 5 nitrogen and oxygen atoms in total. The van der Waals surface area contributed by atoms with Gasteiger partial charge in [-0.15, -0.1) is 0 Å². The first-order chi connectivity index (χ1) is 9.08. The van der Waals surface area contributed by atoms with Crippen LogP contribution in [-0.4, -0.2) is 33.3 Å². The topological polar surface area (TPSA) is 67.5 Å². The molecule has 0 saturated carbocycles. The van der Waals surface area contributed by atoms with Crippen LogP contribution in [0.3, 0.4) is 0 Å². The average molecular weight is 264 g/mol. The molecule has 7 heteroatoms. The van der Waals surface area contributed by atoms with Gasteiger partial charge in [0.1, 0.15) is 17.4 Å². The van der Waals surface area contributed by atoms with Crippen molar-refractivity contribution in [2.75, 3.05) is 6.61 Å². The van der Waals surface area contributed by atoms with Crippen LogP contribution in [0.15, 0.2) is 30.6 Å². The van der Waals surface area contributed by atoms with E-state index in [4.69, 9.17) is 14.8 Å². The molecule has 0 amide bonds. The first kappa shape index (κ1) is 13.6. The van der Waals surface area contributed by atoms with Gasteiger partial charge in [0.05, 0.1) is 6.61 Å². The average Bonchev–Trinajstić information content (AvgIpc) is 2.77. The molecule has 0 radical (unpaired) electrons. The first-order valence-electron chi connectivity index (χ1n) is 5.82. The summed E-state index contributed by atoms with van der Waals surface area (Å²) in [5.74, 6) is 0.568. The number of ether oxygens (including phenoxy) is 1. The third-order valence-corrected chi connectivity index (χ3v) is 2.75. The van der Waals surface area contributed by atoms with Gasteiger partial charge in [-0.3, -0.25) is 0 Å². The summed E-state index contributed by atoms with van der Waals surface area (Å²) in [6, 6.07) is 3.63. The van der Waals surface area contributed by atoms with E-state index < -0.39 is 12.9 Å². The highest BCUT2D eigenvalue weighted by molar-refractivity contribution is 6.59. The Hall–Kier alpha value is -1.86. The monoisotopic (exact) mass is 264 g/mol. The minimum Gasteiger partial charge on any atom is -0.493 e. The van der Waals surface area contributed by atoms with Crippen molar-refractivity contribution in [3.8, 4) is 5.75 Å². The van der Waals surface area contributed by atoms with Crippen LogP contribution < -0.4 is 10.2 Å². The number of halogens is 1. The van der Waals surface area contributed by atoms with E-state index in [2.05, 4.69) is 4.98 Å². The van der Waals surface area contributed by atoms with Crippen LogP contribution >= 0.6 is 0 Å². The van der Waals surface area contributed by atoms with Gasteiger partial charge in [-0.1, -0.05) is 0 Å². The largest absolute Gasteiger partial charge is 0.493 e. The zero-order chi connectivity index (χ0) is 13.8. The molecule has 0 aliphatic carbocycles. The number of aromatic nitrogens is 2. The van der Waals surface area contributed by atoms with Crippen molar-refractivity contribution in [2.45, 2.75) is 6.42 Å². The molecular formula is C12H14BFN2O3. The normalized spacial score (nSPS) is 10.5. The predicted octanol–water partition coefficient (Wildman–Crippen LogP) is -0.140. The molecule has 0 atom stereocenters. The molecule has 2 rings (SSSR count). The maximum Gasteiger partial charge on any atom is 0.492 e. The molecule has 19 heavy (non-hydrogen) atoms. The lowest BCUT2D eigenvalue weighted by Gasteiger charge is -2.11. The Kier molecular flexibility index (Phi) is 4.18. The summed E-state index contributed by atoms with van der Waals surface area (Å²) in [6.07, 6.45) is 4.09. The highest BCUT2D eigenvalue weighted by atomic mass is 19.1. The van der Waals surface area contributed by atoms with Gasteiger partial charge in [0.25, 0.3) is 0 Å². The van der Waals surface area contributed by atoms with Crippen LogP contribution in [0, 0.1) is 5.82 Å². The second-order valence-electron chi connectivity index (χ2n) is 4.11. The Morgan fingerprint density at radius 1 is 1.42 bits per heavy atom. The van der Waals surface area contributed by atoms with Crippen molar-refractivity contribution in [1.29, 1.82) is 0 Å². The van der Waals surface area contributed by atoms with Gasteiger partial charge in [0.15, 0.2) is 0 Å². The van der Waals surface area contributed by atoms with Crippen molar-refractivity contribution in [3.05, 3.63) is 42.2 Å². The van der Waals surface area contributed by atoms with Crippen molar-refractivity contribution >= 4 is 12.6 Å². The molecule has 0 aliphatic rings. The lowest BCUT2D eigenvalue weighted by molar-refractivity contribution is 0.317. The van der Waals surface area contributed by atoms with Gasteiger partial charge >= 0.3 is 7.12 Å². The predicted molar refractivity (Wildman–Crippen MR) is 68.6 cm³/mol. The second-order valence-corrected chi connectivity index (χ2v) is 4.11. The van der Waals surface area contributed by atoms with E-state index in [-0.39, 0.29) is 11.2 Å². The van der Waals surface area contributed by atoms with E-state index in [0.717, 1.165) is 11.9 Å². The maximum absolute atomic E-state index is 13.0. The van der Waals surface area contributed by atoms with Crippen LogP contribution in [0.25, 0.3) is 0 Å². The zero-order valence-electron chi connectivity index (χ0n) is 10.5. The Morgan fingerprint density at radius 3 is 2.84 bits per heavy atom. The van der Waals surface area contributed by atoms with Crippen LogP contribution in [0.1, 0.15) is 5.82 Å². The van der Waals surface area contributed by atoms with E-state index in [1.54, 1.807) is 6.20 Å². The maximum atomic E-state index is 13.0. The SMILES string of the molecule is Cn1ccnc1CCOc1ccc(F)cc1B(O)O. The van der Waals surface area contributed by atoms with Crippen LogP contribution in [-0.2, 0) is 13.5 Å². The number of benzene rings is 1. The van der Waals surface area contributed by atoms with Gasteiger partial charge in [0, 0.05) is 31.3 Å².